The molecule has 2 rings (SSSR count). The van der Waals surface area contributed by atoms with Crippen molar-refractivity contribution in [1.29, 1.82) is 0 Å². The van der Waals surface area contributed by atoms with E-state index in [4.69, 9.17) is 5.11 Å². The first-order valence-corrected chi connectivity index (χ1v) is 9.50. The molecule has 2 aromatic rings. The molecule has 0 spiro atoms. The average molecular weight is 381 g/mol. The number of hydrogen-bond acceptors (Lipinski definition) is 3. The topological polar surface area (TPSA) is 82.5 Å². The molecule has 0 unspecified atom stereocenters. The Balaban J connectivity index is 2.02. The van der Waals surface area contributed by atoms with Crippen LogP contribution in [0.25, 0.3) is 17.2 Å². The number of unbranched alkanes of at least 4 members (excludes halogenated alkanes) is 3. The number of amides is 2. The zero-order chi connectivity index (χ0) is 20.4. The van der Waals surface area contributed by atoms with Crippen molar-refractivity contribution in [1.82, 2.24) is 10.3 Å². The van der Waals surface area contributed by atoms with Gasteiger partial charge in [-0.3, -0.25) is 9.88 Å². The lowest BCUT2D eigenvalue weighted by Crippen LogP contribution is -2.37. The summed E-state index contributed by atoms with van der Waals surface area (Å²) in [7, 11) is 1.75. The summed E-state index contributed by atoms with van der Waals surface area (Å²) in [4.78, 5) is 28.8. The molecule has 0 saturated heterocycles. The maximum Gasteiger partial charge on any atom is 0.328 e. The lowest BCUT2D eigenvalue weighted by molar-refractivity contribution is -0.131. The van der Waals surface area contributed by atoms with E-state index in [0.717, 1.165) is 35.7 Å². The van der Waals surface area contributed by atoms with Gasteiger partial charge in [0.15, 0.2) is 0 Å². The van der Waals surface area contributed by atoms with Crippen LogP contribution in [0.1, 0.15) is 38.3 Å². The van der Waals surface area contributed by atoms with E-state index < -0.39 is 5.97 Å². The first kappa shape index (κ1) is 21.2. The molecule has 0 bridgehead atoms. The highest BCUT2D eigenvalue weighted by Gasteiger charge is 2.11. The Morgan fingerprint density at radius 1 is 1.14 bits per heavy atom. The second-order valence-corrected chi connectivity index (χ2v) is 6.55. The molecule has 28 heavy (non-hydrogen) atoms. The zero-order valence-corrected chi connectivity index (χ0v) is 16.4. The zero-order valence-electron chi connectivity index (χ0n) is 16.4. The number of aromatic nitrogens is 1. The van der Waals surface area contributed by atoms with Gasteiger partial charge in [0.25, 0.3) is 0 Å². The Kier molecular flexibility index (Phi) is 8.21. The number of carbonyl (C=O) groups is 2. The normalized spacial score (nSPS) is 10.8. The minimum Gasteiger partial charge on any atom is -0.478 e. The van der Waals surface area contributed by atoms with E-state index in [9.17, 15) is 9.59 Å². The highest BCUT2D eigenvalue weighted by Crippen LogP contribution is 2.24. The van der Waals surface area contributed by atoms with Crippen molar-refractivity contribution in [3.05, 3.63) is 54.4 Å². The summed E-state index contributed by atoms with van der Waals surface area (Å²) < 4.78 is 0. The summed E-state index contributed by atoms with van der Waals surface area (Å²) in [6.07, 6.45) is 8.66. The molecule has 6 nitrogen and oxygen atoms in total. The summed E-state index contributed by atoms with van der Waals surface area (Å²) >= 11 is 0. The van der Waals surface area contributed by atoms with Crippen LogP contribution in [0.5, 0.6) is 0 Å². The lowest BCUT2D eigenvalue weighted by atomic mass is 10.1. The Morgan fingerprint density at radius 3 is 2.64 bits per heavy atom. The summed E-state index contributed by atoms with van der Waals surface area (Å²) in [6.45, 7) is 2.84. The highest BCUT2D eigenvalue weighted by atomic mass is 16.4. The van der Waals surface area contributed by atoms with Gasteiger partial charge in [-0.25, -0.2) is 9.59 Å². The fraction of sp³-hybridized carbons (Fsp3) is 0.318. The molecule has 1 aromatic heterocycles. The summed E-state index contributed by atoms with van der Waals surface area (Å²) in [5.41, 5.74) is 3.18. The molecule has 0 radical (unpaired) electrons. The van der Waals surface area contributed by atoms with E-state index in [0.29, 0.717) is 12.2 Å². The SMILES string of the molecule is CCCCCCNC(=O)N(C)c1cccc(-c2ccc(C=CC(=O)O)nc2)c1. The van der Waals surface area contributed by atoms with Crippen molar-refractivity contribution in [2.45, 2.75) is 32.6 Å². The molecule has 0 saturated carbocycles. The van der Waals surface area contributed by atoms with Crippen LogP contribution in [0.3, 0.4) is 0 Å². The standard InChI is InChI=1S/C22H27N3O3/c1-3-4-5-6-14-23-22(28)25(2)20-9-7-8-17(15-20)18-10-11-19(24-16-18)12-13-21(26)27/h7-13,15-16H,3-6,14H2,1-2H3,(H,23,28)(H,26,27). The number of pyridine rings is 1. The number of carboxylic acids is 1. The lowest BCUT2D eigenvalue weighted by Gasteiger charge is -2.19. The number of aliphatic carboxylic acids is 1. The molecule has 0 aliphatic rings. The van der Waals surface area contributed by atoms with Crippen LogP contribution >= 0.6 is 0 Å². The van der Waals surface area contributed by atoms with Crippen LogP contribution in [-0.2, 0) is 4.79 Å². The molecule has 2 N–H and O–H groups in total. The highest BCUT2D eigenvalue weighted by molar-refractivity contribution is 5.92. The summed E-state index contributed by atoms with van der Waals surface area (Å²) in [6, 6.07) is 11.2. The Bertz CT molecular complexity index is 816. The largest absolute Gasteiger partial charge is 0.478 e. The van der Waals surface area contributed by atoms with Gasteiger partial charge >= 0.3 is 12.0 Å². The van der Waals surface area contributed by atoms with E-state index in [1.807, 2.05) is 30.3 Å². The molecular weight excluding hydrogens is 354 g/mol. The third-order valence-electron chi connectivity index (χ3n) is 4.36. The number of hydrogen-bond donors (Lipinski definition) is 2. The number of nitrogens with zero attached hydrogens (tertiary/aromatic N) is 2. The predicted molar refractivity (Wildman–Crippen MR) is 112 cm³/mol. The number of carbonyl (C=O) groups excluding carboxylic acids is 1. The minimum absolute atomic E-state index is 0.124. The molecule has 148 valence electrons. The van der Waals surface area contributed by atoms with Crippen molar-refractivity contribution in [3.63, 3.8) is 0 Å². The van der Waals surface area contributed by atoms with Gasteiger partial charge < -0.3 is 10.4 Å². The first-order valence-electron chi connectivity index (χ1n) is 9.50. The molecule has 1 aromatic carbocycles. The van der Waals surface area contributed by atoms with Crippen molar-refractivity contribution < 1.29 is 14.7 Å². The molecule has 2 amide bonds. The van der Waals surface area contributed by atoms with E-state index in [1.54, 1.807) is 24.2 Å². The fourth-order valence-corrected chi connectivity index (χ4v) is 2.71. The van der Waals surface area contributed by atoms with Crippen LogP contribution in [0, 0.1) is 0 Å². The fourth-order valence-electron chi connectivity index (χ4n) is 2.71. The number of nitrogens with one attached hydrogen (secondary N) is 1. The van der Waals surface area contributed by atoms with Gasteiger partial charge in [-0.1, -0.05) is 44.4 Å². The third kappa shape index (κ3) is 6.54. The Morgan fingerprint density at radius 2 is 1.96 bits per heavy atom. The molecule has 0 fully saturated rings. The molecule has 0 aliphatic carbocycles. The van der Waals surface area contributed by atoms with Gasteiger partial charge in [-0.2, -0.15) is 0 Å². The number of carboxylic acid groups (broad SMARTS) is 1. The second kappa shape index (κ2) is 10.9. The maximum atomic E-state index is 12.3. The summed E-state index contributed by atoms with van der Waals surface area (Å²) in [5.74, 6) is -1.01. The number of benzene rings is 1. The number of anilines is 1. The van der Waals surface area contributed by atoms with E-state index >= 15 is 0 Å². The number of urea groups is 1. The molecule has 0 atom stereocenters. The Hall–Kier alpha value is -3.15. The van der Waals surface area contributed by atoms with Crippen LogP contribution in [0.4, 0.5) is 10.5 Å². The quantitative estimate of drug-likeness (QED) is 0.492. The molecule has 0 aliphatic heterocycles. The van der Waals surface area contributed by atoms with E-state index in [2.05, 4.69) is 17.2 Å². The van der Waals surface area contributed by atoms with Gasteiger partial charge in [0, 0.05) is 37.1 Å². The van der Waals surface area contributed by atoms with Crippen LogP contribution in [-0.4, -0.2) is 35.7 Å². The van der Waals surface area contributed by atoms with Gasteiger partial charge in [0.05, 0.1) is 5.69 Å². The van der Waals surface area contributed by atoms with Crippen molar-refractivity contribution in [2.24, 2.45) is 0 Å². The molecule has 6 heteroatoms. The first-order chi connectivity index (χ1) is 13.5. The molecule has 1 heterocycles. The van der Waals surface area contributed by atoms with Gasteiger partial charge in [0.1, 0.15) is 0 Å². The second-order valence-electron chi connectivity index (χ2n) is 6.55. The van der Waals surface area contributed by atoms with Crippen molar-refractivity contribution >= 4 is 23.8 Å². The average Bonchev–Trinajstić information content (AvgIpc) is 2.72. The van der Waals surface area contributed by atoms with Gasteiger partial charge in [-0.15, -0.1) is 0 Å². The maximum absolute atomic E-state index is 12.3. The minimum atomic E-state index is -1.01. The van der Waals surface area contributed by atoms with Crippen LogP contribution in [0.2, 0.25) is 0 Å². The summed E-state index contributed by atoms with van der Waals surface area (Å²) in [5, 5.41) is 11.6. The van der Waals surface area contributed by atoms with Crippen molar-refractivity contribution in [2.75, 3.05) is 18.5 Å². The molecular formula is C22H27N3O3. The van der Waals surface area contributed by atoms with Gasteiger partial charge in [-0.05, 0) is 36.3 Å². The smallest absolute Gasteiger partial charge is 0.328 e. The monoisotopic (exact) mass is 381 g/mol. The van der Waals surface area contributed by atoms with Gasteiger partial charge in [0.2, 0.25) is 0 Å². The van der Waals surface area contributed by atoms with Crippen molar-refractivity contribution in [3.8, 4) is 11.1 Å². The van der Waals surface area contributed by atoms with Crippen LogP contribution in [0.15, 0.2) is 48.7 Å². The Labute approximate surface area is 165 Å². The van der Waals surface area contributed by atoms with E-state index in [1.165, 1.54) is 18.9 Å². The van der Waals surface area contributed by atoms with Crippen LogP contribution < -0.4 is 10.2 Å². The predicted octanol–water partition coefficient (Wildman–Crippen LogP) is 4.57. The number of rotatable bonds is 9. The van der Waals surface area contributed by atoms with E-state index in [-0.39, 0.29) is 6.03 Å². The third-order valence-corrected chi connectivity index (χ3v) is 4.36.